The predicted molar refractivity (Wildman–Crippen MR) is 148 cm³/mol. The van der Waals surface area contributed by atoms with Gasteiger partial charge < -0.3 is 10.5 Å². The number of rotatable bonds is 6. The summed E-state index contributed by atoms with van der Waals surface area (Å²) >= 11 is 6.74. The maximum atomic E-state index is 12.7. The molecule has 0 heterocycles. The summed E-state index contributed by atoms with van der Waals surface area (Å²) in [5.41, 5.74) is 8.33. The minimum atomic E-state index is -1.19. The predicted octanol–water partition coefficient (Wildman–Crippen LogP) is 8.13. The number of halogens is 1. The molecule has 3 aromatic carbocycles. The van der Waals surface area contributed by atoms with Crippen molar-refractivity contribution in [1.29, 1.82) is 0 Å². The number of ether oxygens (including phenoxy) is 1. The van der Waals surface area contributed by atoms with Crippen LogP contribution in [0.2, 0.25) is 5.02 Å². The van der Waals surface area contributed by atoms with Crippen LogP contribution >= 0.6 is 11.6 Å². The van der Waals surface area contributed by atoms with Gasteiger partial charge >= 0.3 is 5.97 Å². The van der Waals surface area contributed by atoms with E-state index in [1.807, 2.05) is 54.6 Å². The van der Waals surface area contributed by atoms with Gasteiger partial charge in [-0.1, -0.05) is 136 Å². The van der Waals surface area contributed by atoms with E-state index in [4.69, 9.17) is 22.1 Å². The van der Waals surface area contributed by atoms with Gasteiger partial charge in [-0.15, -0.1) is 0 Å². The van der Waals surface area contributed by atoms with Gasteiger partial charge in [-0.3, -0.25) is 4.79 Å². The van der Waals surface area contributed by atoms with Crippen molar-refractivity contribution in [3.8, 4) is 0 Å². The van der Waals surface area contributed by atoms with Gasteiger partial charge in [0.05, 0.1) is 6.54 Å². The van der Waals surface area contributed by atoms with Crippen LogP contribution in [0.3, 0.4) is 0 Å². The third-order valence-electron chi connectivity index (χ3n) is 7.51. The fourth-order valence-electron chi connectivity index (χ4n) is 5.59. The zero-order chi connectivity index (χ0) is 25.2. The Morgan fingerprint density at radius 1 is 0.750 bits per heavy atom. The third-order valence-corrected chi connectivity index (χ3v) is 7.84. The molecule has 36 heavy (non-hydrogen) atoms. The van der Waals surface area contributed by atoms with Crippen LogP contribution in [0.15, 0.2) is 78.9 Å². The fraction of sp³-hybridized carbons (Fsp3) is 0.406. The van der Waals surface area contributed by atoms with Crippen LogP contribution in [-0.2, 0) is 15.1 Å². The van der Waals surface area contributed by atoms with Gasteiger partial charge in [-0.2, -0.15) is 0 Å². The minimum Gasteiger partial charge on any atom is -0.443 e. The molecule has 4 rings (SSSR count). The van der Waals surface area contributed by atoms with Crippen molar-refractivity contribution in [3.05, 3.63) is 106 Å². The lowest BCUT2D eigenvalue weighted by Crippen LogP contribution is -2.37. The van der Waals surface area contributed by atoms with Gasteiger partial charge in [0.2, 0.25) is 0 Å². The molecule has 1 fully saturated rings. The van der Waals surface area contributed by atoms with E-state index in [9.17, 15) is 4.79 Å². The summed E-state index contributed by atoms with van der Waals surface area (Å²) in [6, 6.07) is 26.1. The SMILES string of the molecule is NCC(=O)OC(c1ccccc1)(c1ccc(C2CCCCCCCCCC2)cc1)c1ccccc1Cl. The highest BCUT2D eigenvalue weighted by Crippen LogP contribution is 2.44. The van der Waals surface area contributed by atoms with Crippen LogP contribution in [0.1, 0.15) is 92.4 Å². The normalized spacial score (nSPS) is 17.5. The highest BCUT2D eigenvalue weighted by molar-refractivity contribution is 6.31. The van der Waals surface area contributed by atoms with Crippen molar-refractivity contribution >= 4 is 17.6 Å². The Morgan fingerprint density at radius 3 is 1.86 bits per heavy atom. The second-order valence-corrected chi connectivity index (χ2v) is 10.3. The number of hydrogen-bond donors (Lipinski definition) is 1. The van der Waals surface area contributed by atoms with Crippen LogP contribution in [0.5, 0.6) is 0 Å². The van der Waals surface area contributed by atoms with E-state index in [2.05, 4.69) is 24.3 Å². The van der Waals surface area contributed by atoms with Crippen LogP contribution in [0.4, 0.5) is 0 Å². The van der Waals surface area contributed by atoms with Crippen LogP contribution in [-0.4, -0.2) is 12.5 Å². The lowest BCUT2D eigenvalue weighted by atomic mass is 9.78. The van der Waals surface area contributed by atoms with E-state index < -0.39 is 11.6 Å². The Morgan fingerprint density at radius 2 is 1.28 bits per heavy atom. The van der Waals surface area contributed by atoms with E-state index >= 15 is 0 Å². The first kappa shape index (κ1) is 26.4. The molecule has 1 atom stereocenters. The molecule has 4 heteroatoms. The number of carbonyl (C=O) groups excluding carboxylic acids is 1. The number of carbonyl (C=O) groups is 1. The monoisotopic (exact) mass is 503 g/mol. The quantitative estimate of drug-likeness (QED) is 0.273. The number of benzene rings is 3. The van der Waals surface area contributed by atoms with Crippen LogP contribution in [0.25, 0.3) is 0 Å². The Labute approximate surface area is 221 Å². The standard InChI is InChI=1S/C32H38ClNO2/c33-30-19-13-12-18-29(30)32(36-31(35)24-34,27-16-10-7-11-17-27)28-22-20-26(21-23-28)25-14-8-5-3-1-2-4-6-9-15-25/h7,10-13,16-23,25H,1-6,8-9,14-15,24,34H2. The summed E-state index contributed by atoms with van der Waals surface area (Å²) in [6.45, 7) is -0.209. The first-order chi connectivity index (χ1) is 17.6. The van der Waals surface area contributed by atoms with E-state index in [0.717, 1.165) is 16.7 Å². The molecule has 2 N–H and O–H groups in total. The molecular formula is C32H38ClNO2. The van der Waals surface area contributed by atoms with Gasteiger partial charge in [0.15, 0.2) is 5.60 Å². The highest BCUT2D eigenvalue weighted by atomic mass is 35.5. The molecule has 0 radical (unpaired) electrons. The molecule has 1 saturated carbocycles. The molecule has 3 aromatic rings. The zero-order valence-electron chi connectivity index (χ0n) is 21.1. The van der Waals surface area contributed by atoms with Crippen molar-refractivity contribution in [1.82, 2.24) is 0 Å². The van der Waals surface area contributed by atoms with Crippen LogP contribution < -0.4 is 5.73 Å². The summed E-state index contributed by atoms with van der Waals surface area (Å²) in [4.78, 5) is 12.7. The first-order valence-electron chi connectivity index (χ1n) is 13.5. The van der Waals surface area contributed by atoms with Gasteiger partial charge in [0, 0.05) is 21.7 Å². The van der Waals surface area contributed by atoms with Gasteiger partial charge in [0.25, 0.3) is 0 Å². The summed E-state index contributed by atoms with van der Waals surface area (Å²) in [6.07, 6.45) is 13.2. The second-order valence-electron chi connectivity index (χ2n) is 9.93. The minimum absolute atomic E-state index is 0.209. The molecule has 1 unspecified atom stereocenters. The van der Waals surface area contributed by atoms with Crippen molar-refractivity contribution in [2.24, 2.45) is 5.73 Å². The van der Waals surface area contributed by atoms with E-state index in [1.165, 1.54) is 69.8 Å². The molecule has 0 aromatic heterocycles. The van der Waals surface area contributed by atoms with E-state index in [0.29, 0.717) is 10.9 Å². The maximum Gasteiger partial charge on any atom is 0.321 e. The molecule has 3 nitrogen and oxygen atoms in total. The average molecular weight is 504 g/mol. The van der Waals surface area contributed by atoms with Crippen LogP contribution in [0, 0.1) is 0 Å². The molecular weight excluding hydrogens is 466 g/mol. The third kappa shape index (κ3) is 6.19. The highest BCUT2D eigenvalue weighted by Gasteiger charge is 2.42. The Balaban J connectivity index is 1.76. The Kier molecular flexibility index (Phi) is 9.60. The number of hydrogen-bond acceptors (Lipinski definition) is 3. The lowest BCUT2D eigenvalue weighted by molar-refractivity contribution is -0.151. The van der Waals surface area contributed by atoms with Crippen molar-refractivity contribution in [2.75, 3.05) is 6.54 Å². The van der Waals surface area contributed by atoms with Crippen molar-refractivity contribution in [2.45, 2.75) is 75.7 Å². The van der Waals surface area contributed by atoms with Gasteiger partial charge in [0.1, 0.15) is 0 Å². The summed E-state index contributed by atoms with van der Waals surface area (Å²) < 4.78 is 6.24. The molecule has 0 saturated heterocycles. The molecule has 1 aliphatic rings. The molecule has 0 aliphatic heterocycles. The van der Waals surface area contributed by atoms with E-state index in [-0.39, 0.29) is 6.54 Å². The zero-order valence-corrected chi connectivity index (χ0v) is 21.9. The summed E-state index contributed by atoms with van der Waals surface area (Å²) in [5, 5.41) is 0.540. The van der Waals surface area contributed by atoms with Gasteiger partial charge in [-0.25, -0.2) is 0 Å². The molecule has 190 valence electrons. The molecule has 0 amide bonds. The molecule has 1 aliphatic carbocycles. The lowest BCUT2D eigenvalue weighted by Gasteiger charge is -2.36. The number of nitrogens with two attached hydrogens (primary N) is 1. The fourth-order valence-corrected chi connectivity index (χ4v) is 5.86. The van der Waals surface area contributed by atoms with E-state index in [1.54, 1.807) is 0 Å². The molecule has 0 spiro atoms. The number of esters is 1. The first-order valence-corrected chi connectivity index (χ1v) is 13.9. The van der Waals surface area contributed by atoms with Gasteiger partial charge in [-0.05, 0) is 30.4 Å². The smallest absolute Gasteiger partial charge is 0.321 e. The topological polar surface area (TPSA) is 52.3 Å². The Bertz CT molecular complexity index is 1090. The van der Waals surface area contributed by atoms with Crippen molar-refractivity contribution < 1.29 is 9.53 Å². The summed E-state index contributed by atoms with van der Waals surface area (Å²) in [5.74, 6) is 0.0847. The average Bonchev–Trinajstić information content (AvgIpc) is 2.99. The van der Waals surface area contributed by atoms with Crippen molar-refractivity contribution in [3.63, 3.8) is 0 Å². The second kappa shape index (κ2) is 13.1. The molecule has 0 bridgehead atoms. The largest absolute Gasteiger partial charge is 0.443 e. The Hall–Kier alpha value is -2.62. The summed E-state index contributed by atoms with van der Waals surface area (Å²) in [7, 11) is 0. The maximum absolute atomic E-state index is 12.7.